The summed E-state index contributed by atoms with van der Waals surface area (Å²) in [6, 6.07) is 21.3. The van der Waals surface area contributed by atoms with Gasteiger partial charge in [0.15, 0.2) is 0 Å². The van der Waals surface area contributed by atoms with Crippen molar-refractivity contribution in [1.29, 1.82) is 0 Å². The number of halogens is 2. The van der Waals surface area contributed by atoms with Crippen LogP contribution in [0, 0.1) is 3.57 Å². The van der Waals surface area contributed by atoms with Gasteiger partial charge in [-0.3, -0.25) is 0 Å². The number of fused-ring (bicyclic) bond motifs is 1. The molecule has 1 unspecified atom stereocenters. The zero-order valence-electron chi connectivity index (χ0n) is 11.6. The van der Waals surface area contributed by atoms with Crippen molar-refractivity contribution in [1.82, 2.24) is 5.32 Å². The average molecular weight is 408 g/mol. The number of benzene rings is 3. The molecule has 3 rings (SSSR count). The molecule has 1 atom stereocenters. The summed E-state index contributed by atoms with van der Waals surface area (Å²) < 4.78 is 1.07. The third-order valence-corrected chi connectivity index (χ3v) is 5.27. The Kier molecular flexibility index (Phi) is 4.48. The summed E-state index contributed by atoms with van der Waals surface area (Å²) in [4.78, 5) is 0. The number of rotatable bonds is 3. The predicted octanol–water partition coefficient (Wildman–Crippen LogP) is 5.41. The number of nitrogens with one attached hydrogen (secondary N) is 1. The van der Waals surface area contributed by atoms with Gasteiger partial charge in [0.05, 0.1) is 11.1 Å². The first-order valence-electron chi connectivity index (χ1n) is 6.80. The highest BCUT2D eigenvalue weighted by Crippen LogP contribution is 2.31. The Balaban J connectivity index is 2.16. The van der Waals surface area contributed by atoms with E-state index < -0.39 is 0 Å². The van der Waals surface area contributed by atoms with E-state index in [2.05, 4.69) is 82.5 Å². The van der Waals surface area contributed by atoms with Crippen LogP contribution >= 0.6 is 34.2 Å². The fraction of sp³-hybridized carbons (Fsp3) is 0.111. The predicted molar refractivity (Wildman–Crippen MR) is 99.0 cm³/mol. The molecule has 1 N–H and O–H groups in total. The van der Waals surface area contributed by atoms with Gasteiger partial charge >= 0.3 is 0 Å². The standard InChI is InChI=1S/C18H15ClIN/c1-21-18(13-9-10-17(20)16(19)11-13)15-8-4-6-12-5-2-3-7-14(12)15/h2-11,18,21H,1H3. The van der Waals surface area contributed by atoms with E-state index >= 15 is 0 Å². The Morgan fingerprint density at radius 1 is 1.00 bits per heavy atom. The van der Waals surface area contributed by atoms with Gasteiger partial charge in [0.1, 0.15) is 0 Å². The number of hydrogen-bond donors (Lipinski definition) is 1. The molecule has 0 saturated heterocycles. The Hall–Kier alpha value is -1.10. The Morgan fingerprint density at radius 2 is 1.76 bits per heavy atom. The van der Waals surface area contributed by atoms with Gasteiger partial charge in [-0.1, -0.05) is 60.1 Å². The van der Waals surface area contributed by atoms with Gasteiger partial charge in [0, 0.05) is 3.57 Å². The molecule has 0 amide bonds. The SMILES string of the molecule is CNC(c1ccc(I)c(Cl)c1)c1cccc2ccccc12. The van der Waals surface area contributed by atoms with Crippen molar-refractivity contribution >= 4 is 45.0 Å². The molecule has 0 fully saturated rings. The molecular formula is C18H15ClIN. The molecule has 0 radical (unpaired) electrons. The molecule has 106 valence electrons. The Morgan fingerprint density at radius 3 is 2.52 bits per heavy atom. The first kappa shape index (κ1) is 14.8. The maximum Gasteiger partial charge on any atom is 0.0580 e. The highest BCUT2D eigenvalue weighted by atomic mass is 127. The van der Waals surface area contributed by atoms with Crippen molar-refractivity contribution in [2.45, 2.75) is 6.04 Å². The molecule has 0 aromatic heterocycles. The molecule has 0 saturated carbocycles. The van der Waals surface area contributed by atoms with Gasteiger partial charge in [-0.15, -0.1) is 0 Å². The molecule has 0 heterocycles. The quantitative estimate of drug-likeness (QED) is 0.573. The summed E-state index contributed by atoms with van der Waals surface area (Å²) in [5.41, 5.74) is 2.45. The first-order valence-corrected chi connectivity index (χ1v) is 8.26. The zero-order valence-corrected chi connectivity index (χ0v) is 14.5. The van der Waals surface area contributed by atoms with E-state index in [0.717, 1.165) is 8.59 Å². The van der Waals surface area contributed by atoms with Gasteiger partial charge in [-0.2, -0.15) is 0 Å². The van der Waals surface area contributed by atoms with Crippen molar-refractivity contribution in [3.05, 3.63) is 80.4 Å². The second-order valence-electron chi connectivity index (χ2n) is 4.96. The maximum absolute atomic E-state index is 6.29. The fourth-order valence-electron chi connectivity index (χ4n) is 2.70. The summed E-state index contributed by atoms with van der Waals surface area (Å²) in [5, 5.41) is 6.74. The third kappa shape index (κ3) is 2.93. The van der Waals surface area contributed by atoms with Crippen LogP contribution in [0.2, 0.25) is 5.02 Å². The van der Waals surface area contributed by atoms with Crippen LogP contribution in [-0.2, 0) is 0 Å². The van der Waals surface area contributed by atoms with E-state index in [1.807, 2.05) is 13.1 Å². The van der Waals surface area contributed by atoms with Crippen molar-refractivity contribution in [3.8, 4) is 0 Å². The number of hydrogen-bond acceptors (Lipinski definition) is 1. The molecule has 1 nitrogen and oxygen atoms in total. The molecule has 0 spiro atoms. The molecule has 21 heavy (non-hydrogen) atoms. The minimum Gasteiger partial charge on any atom is -0.309 e. The van der Waals surface area contributed by atoms with Gasteiger partial charge in [0.25, 0.3) is 0 Å². The van der Waals surface area contributed by atoms with Crippen molar-refractivity contribution in [2.75, 3.05) is 7.05 Å². The second kappa shape index (κ2) is 6.34. The van der Waals surface area contributed by atoms with Gasteiger partial charge in [0.2, 0.25) is 0 Å². The fourth-order valence-corrected chi connectivity index (χ4v) is 3.22. The maximum atomic E-state index is 6.29. The van der Waals surface area contributed by atoms with E-state index in [1.54, 1.807) is 0 Å². The van der Waals surface area contributed by atoms with Crippen molar-refractivity contribution in [3.63, 3.8) is 0 Å². The lowest BCUT2D eigenvalue weighted by atomic mass is 9.94. The van der Waals surface area contributed by atoms with Crippen LogP contribution in [0.15, 0.2) is 60.7 Å². The van der Waals surface area contributed by atoms with E-state index in [4.69, 9.17) is 11.6 Å². The van der Waals surface area contributed by atoms with Gasteiger partial charge in [-0.25, -0.2) is 0 Å². The lowest BCUT2D eigenvalue weighted by Gasteiger charge is -2.20. The van der Waals surface area contributed by atoms with Gasteiger partial charge in [-0.05, 0) is 63.7 Å². The summed E-state index contributed by atoms with van der Waals surface area (Å²) in [6.45, 7) is 0. The van der Waals surface area contributed by atoms with E-state index in [9.17, 15) is 0 Å². The molecule has 3 aromatic carbocycles. The van der Waals surface area contributed by atoms with Crippen LogP contribution in [0.1, 0.15) is 17.2 Å². The highest BCUT2D eigenvalue weighted by Gasteiger charge is 2.15. The topological polar surface area (TPSA) is 12.0 Å². The monoisotopic (exact) mass is 407 g/mol. The van der Waals surface area contributed by atoms with Crippen LogP contribution in [-0.4, -0.2) is 7.05 Å². The Labute approximate surface area is 143 Å². The summed E-state index contributed by atoms with van der Waals surface area (Å²) in [6.07, 6.45) is 0. The lowest BCUT2D eigenvalue weighted by molar-refractivity contribution is 0.697. The smallest absolute Gasteiger partial charge is 0.0580 e. The highest BCUT2D eigenvalue weighted by molar-refractivity contribution is 14.1. The van der Waals surface area contributed by atoms with Crippen LogP contribution in [0.3, 0.4) is 0 Å². The van der Waals surface area contributed by atoms with E-state index in [-0.39, 0.29) is 6.04 Å². The summed E-state index contributed by atoms with van der Waals surface area (Å²) in [7, 11) is 1.98. The van der Waals surface area contributed by atoms with Crippen LogP contribution < -0.4 is 5.32 Å². The van der Waals surface area contributed by atoms with Crippen molar-refractivity contribution in [2.24, 2.45) is 0 Å². The largest absolute Gasteiger partial charge is 0.309 e. The Bertz CT molecular complexity index is 780. The molecular weight excluding hydrogens is 393 g/mol. The first-order chi connectivity index (χ1) is 10.2. The summed E-state index contributed by atoms with van der Waals surface area (Å²) in [5.74, 6) is 0. The molecule has 0 bridgehead atoms. The summed E-state index contributed by atoms with van der Waals surface area (Å²) >= 11 is 8.54. The lowest BCUT2D eigenvalue weighted by Crippen LogP contribution is -2.18. The second-order valence-corrected chi connectivity index (χ2v) is 6.53. The van der Waals surface area contributed by atoms with E-state index in [1.165, 1.54) is 21.9 Å². The molecule has 0 aliphatic rings. The zero-order chi connectivity index (χ0) is 14.8. The van der Waals surface area contributed by atoms with E-state index in [0.29, 0.717) is 0 Å². The molecule has 0 aliphatic carbocycles. The van der Waals surface area contributed by atoms with Crippen LogP contribution in [0.5, 0.6) is 0 Å². The minimum absolute atomic E-state index is 0.130. The van der Waals surface area contributed by atoms with Crippen molar-refractivity contribution < 1.29 is 0 Å². The minimum atomic E-state index is 0.130. The van der Waals surface area contributed by atoms with Gasteiger partial charge < -0.3 is 5.32 Å². The molecule has 0 aliphatic heterocycles. The molecule has 3 heteroatoms. The van der Waals surface area contributed by atoms with Crippen LogP contribution in [0.25, 0.3) is 10.8 Å². The normalized spacial score (nSPS) is 12.5. The third-order valence-electron chi connectivity index (χ3n) is 3.70. The van der Waals surface area contributed by atoms with Crippen LogP contribution in [0.4, 0.5) is 0 Å². The average Bonchev–Trinajstić information content (AvgIpc) is 2.52. The molecule has 3 aromatic rings.